The van der Waals surface area contributed by atoms with Crippen LogP contribution in [0.4, 0.5) is 0 Å². The molecule has 0 amide bonds. The van der Waals surface area contributed by atoms with E-state index in [4.69, 9.17) is 22.7 Å². The van der Waals surface area contributed by atoms with E-state index in [0.717, 1.165) is 17.9 Å². The van der Waals surface area contributed by atoms with Crippen LogP contribution in [0.15, 0.2) is 41.8 Å². The van der Waals surface area contributed by atoms with Gasteiger partial charge in [-0.3, -0.25) is 4.90 Å². The molecule has 0 spiro atoms. The largest absolute Gasteiger partial charge is 0.492 e. The second-order valence-electron chi connectivity index (χ2n) is 4.88. The van der Waals surface area contributed by atoms with Gasteiger partial charge in [0.25, 0.3) is 0 Å². The highest BCUT2D eigenvalue weighted by molar-refractivity contribution is 7.80. The quantitative estimate of drug-likeness (QED) is 0.793. The molecule has 1 heterocycles. The van der Waals surface area contributed by atoms with E-state index in [1.807, 2.05) is 24.3 Å². The van der Waals surface area contributed by atoms with Gasteiger partial charge in [-0.25, -0.2) is 0 Å². The Hall–Kier alpha value is -1.43. The van der Waals surface area contributed by atoms with Crippen LogP contribution in [0.1, 0.15) is 23.4 Å². The first-order valence-corrected chi connectivity index (χ1v) is 8.13. The van der Waals surface area contributed by atoms with Crippen molar-refractivity contribution in [1.29, 1.82) is 0 Å². The smallest absolute Gasteiger partial charge is 0.129 e. The van der Waals surface area contributed by atoms with Gasteiger partial charge in [-0.15, -0.1) is 11.3 Å². The summed E-state index contributed by atoms with van der Waals surface area (Å²) < 4.78 is 5.83. The van der Waals surface area contributed by atoms with Crippen molar-refractivity contribution in [2.24, 2.45) is 5.73 Å². The van der Waals surface area contributed by atoms with Gasteiger partial charge in [-0.05, 0) is 37.6 Å². The molecule has 2 aromatic rings. The maximum atomic E-state index is 5.83. The highest BCUT2D eigenvalue weighted by Crippen LogP contribution is 2.23. The first kappa shape index (κ1) is 15.9. The first-order valence-electron chi connectivity index (χ1n) is 6.85. The molecular weight excluding hydrogens is 300 g/mol. The molecule has 1 aromatic carbocycles. The number of likely N-dealkylation sites (N-methyl/N-ethyl adjacent to an activating group) is 1. The molecule has 0 aliphatic heterocycles. The number of para-hydroxylation sites is 1. The van der Waals surface area contributed by atoms with E-state index in [1.165, 1.54) is 4.88 Å². The molecule has 0 saturated carbocycles. The minimum atomic E-state index is 0.367. The molecule has 1 atom stereocenters. The van der Waals surface area contributed by atoms with E-state index in [0.29, 0.717) is 17.6 Å². The van der Waals surface area contributed by atoms with E-state index >= 15 is 0 Å². The number of ether oxygens (including phenoxy) is 1. The Labute approximate surface area is 135 Å². The average molecular weight is 320 g/mol. The second kappa shape index (κ2) is 7.54. The topological polar surface area (TPSA) is 38.5 Å². The van der Waals surface area contributed by atoms with E-state index in [9.17, 15) is 0 Å². The Kier molecular flexibility index (Phi) is 5.73. The zero-order valence-corrected chi connectivity index (χ0v) is 13.9. The van der Waals surface area contributed by atoms with Gasteiger partial charge < -0.3 is 10.5 Å². The summed E-state index contributed by atoms with van der Waals surface area (Å²) in [6.45, 7) is 3.64. The summed E-state index contributed by atoms with van der Waals surface area (Å²) in [7, 11) is 2.10. The third kappa shape index (κ3) is 4.27. The van der Waals surface area contributed by atoms with Gasteiger partial charge in [0.2, 0.25) is 0 Å². The summed E-state index contributed by atoms with van der Waals surface area (Å²) in [6, 6.07) is 12.3. The number of thiophene rings is 1. The summed E-state index contributed by atoms with van der Waals surface area (Å²) in [4.78, 5) is 4.00. The third-order valence-corrected chi connectivity index (χ3v) is 4.73. The third-order valence-electron chi connectivity index (χ3n) is 3.47. The second-order valence-corrected chi connectivity index (χ2v) is 6.30. The van der Waals surface area contributed by atoms with Crippen molar-refractivity contribution in [3.63, 3.8) is 0 Å². The normalized spacial score (nSPS) is 12.3. The van der Waals surface area contributed by atoms with Gasteiger partial charge in [-0.1, -0.05) is 30.4 Å². The maximum Gasteiger partial charge on any atom is 0.129 e. The Morgan fingerprint density at radius 1 is 1.33 bits per heavy atom. The SMILES string of the molecule is CC(c1cccs1)N(C)CCOc1ccccc1C(N)=S. The fraction of sp³-hybridized carbons (Fsp3) is 0.312. The number of nitrogens with two attached hydrogens (primary N) is 1. The zero-order valence-electron chi connectivity index (χ0n) is 12.3. The lowest BCUT2D eigenvalue weighted by Gasteiger charge is -2.24. The van der Waals surface area contributed by atoms with Crippen LogP contribution in [0.5, 0.6) is 5.75 Å². The molecule has 0 aliphatic rings. The predicted molar refractivity (Wildman–Crippen MR) is 93.2 cm³/mol. The predicted octanol–water partition coefficient (Wildman–Crippen LogP) is 3.45. The highest BCUT2D eigenvalue weighted by atomic mass is 32.1. The molecule has 5 heteroatoms. The van der Waals surface area contributed by atoms with Crippen molar-refractivity contribution in [3.8, 4) is 5.75 Å². The molecule has 0 aliphatic carbocycles. The summed E-state index contributed by atoms with van der Waals surface area (Å²) in [5.74, 6) is 0.752. The van der Waals surface area contributed by atoms with Gasteiger partial charge in [0.1, 0.15) is 17.3 Å². The number of hydrogen-bond donors (Lipinski definition) is 1. The Morgan fingerprint density at radius 3 is 2.76 bits per heavy atom. The van der Waals surface area contributed by atoms with Crippen molar-refractivity contribution in [1.82, 2.24) is 4.90 Å². The average Bonchev–Trinajstić information content (AvgIpc) is 3.00. The van der Waals surface area contributed by atoms with Crippen LogP contribution >= 0.6 is 23.6 Å². The van der Waals surface area contributed by atoms with Gasteiger partial charge in [0, 0.05) is 17.5 Å². The van der Waals surface area contributed by atoms with Crippen LogP contribution in [0.2, 0.25) is 0 Å². The standard InChI is InChI=1S/C16H20N2OS2/c1-12(15-8-5-11-21-15)18(2)9-10-19-14-7-4-3-6-13(14)16(17)20/h3-8,11-12H,9-10H2,1-2H3,(H2,17,20). The molecule has 1 aromatic heterocycles. The summed E-state index contributed by atoms with van der Waals surface area (Å²) in [5, 5.41) is 2.11. The molecule has 0 fully saturated rings. The monoisotopic (exact) mass is 320 g/mol. The van der Waals surface area contributed by atoms with E-state index in [1.54, 1.807) is 11.3 Å². The van der Waals surface area contributed by atoms with Gasteiger partial charge in [0.05, 0.1) is 5.56 Å². The number of hydrogen-bond acceptors (Lipinski definition) is 4. The van der Waals surface area contributed by atoms with E-state index in [2.05, 4.69) is 36.4 Å². The minimum absolute atomic E-state index is 0.367. The van der Waals surface area contributed by atoms with Crippen LogP contribution in [-0.4, -0.2) is 30.1 Å². The molecular formula is C16H20N2OS2. The van der Waals surface area contributed by atoms with Crippen LogP contribution in [0, 0.1) is 0 Å². The lowest BCUT2D eigenvalue weighted by Crippen LogP contribution is -2.27. The maximum absolute atomic E-state index is 5.83. The van der Waals surface area contributed by atoms with Crippen molar-refractivity contribution < 1.29 is 4.74 Å². The lowest BCUT2D eigenvalue weighted by atomic mass is 10.2. The fourth-order valence-corrected chi connectivity index (χ4v) is 3.05. The highest BCUT2D eigenvalue weighted by Gasteiger charge is 2.12. The molecule has 2 rings (SSSR count). The minimum Gasteiger partial charge on any atom is -0.492 e. The van der Waals surface area contributed by atoms with Crippen LogP contribution in [-0.2, 0) is 0 Å². The van der Waals surface area contributed by atoms with Crippen molar-refractivity contribution in [2.75, 3.05) is 20.2 Å². The van der Waals surface area contributed by atoms with E-state index < -0.39 is 0 Å². The Bertz CT molecular complexity index is 584. The molecule has 112 valence electrons. The summed E-state index contributed by atoms with van der Waals surface area (Å²) in [6.07, 6.45) is 0. The van der Waals surface area contributed by atoms with Gasteiger partial charge in [0.15, 0.2) is 0 Å². The number of rotatable bonds is 7. The number of benzene rings is 1. The molecule has 3 nitrogen and oxygen atoms in total. The molecule has 0 radical (unpaired) electrons. The lowest BCUT2D eigenvalue weighted by molar-refractivity contribution is 0.202. The van der Waals surface area contributed by atoms with Crippen molar-refractivity contribution in [3.05, 3.63) is 52.2 Å². The molecule has 0 saturated heterocycles. The number of nitrogens with zero attached hydrogens (tertiary/aromatic N) is 1. The zero-order chi connectivity index (χ0) is 15.2. The van der Waals surface area contributed by atoms with Crippen molar-refractivity contribution in [2.45, 2.75) is 13.0 Å². The van der Waals surface area contributed by atoms with Crippen molar-refractivity contribution >= 4 is 28.5 Å². The van der Waals surface area contributed by atoms with Gasteiger partial charge in [-0.2, -0.15) is 0 Å². The fourth-order valence-electron chi connectivity index (χ4n) is 2.04. The molecule has 1 unspecified atom stereocenters. The molecule has 21 heavy (non-hydrogen) atoms. The van der Waals surface area contributed by atoms with Crippen LogP contribution in [0.3, 0.4) is 0 Å². The first-order chi connectivity index (χ1) is 10.1. The van der Waals surface area contributed by atoms with Gasteiger partial charge >= 0.3 is 0 Å². The molecule has 2 N–H and O–H groups in total. The summed E-state index contributed by atoms with van der Waals surface area (Å²) in [5.41, 5.74) is 6.49. The van der Waals surface area contributed by atoms with Crippen LogP contribution in [0.25, 0.3) is 0 Å². The number of thiocarbonyl (C=S) groups is 1. The summed E-state index contributed by atoms with van der Waals surface area (Å²) >= 11 is 6.82. The Morgan fingerprint density at radius 2 is 2.10 bits per heavy atom. The van der Waals surface area contributed by atoms with E-state index in [-0.39, 0.29) is 0 Å². The Balaban J connectivity index is 1.88. The van der Waals surface area contributed by atoms with Crippen LogP contribution < -0.4 is 10.5 Å². The molecule has 0 bridgehead atoms.